The van der Waals surface area contributed by atoms with E-state index in [1.807, 2.05) is 0 Å². The third kappa shape index (κ3) is 2.60. The molecule has 6 nitrogen and oxygen atoms in total. The van der Waals surface area contributed by atoms with Gasteiger partial charge in [0.05, 0.1) is 0 Å². The van der Waals surface area contributed by atoms with E-state index in [1.54, 1.807) is 0 Å². The number of ether oxygens (including phenoxy) is 2. The second-order valence-electron chi connectivity index (χ2n) is 4.61. The van der Waals surface area contributed by atoms with Gasteiger partial charge in [-0.3, -0.25) is 0 Å². The third-order valence-electron chi connectivity index (χ3n) is 3.23. The molecule has 2 rings (SSSR count). The van der Waals surface area contributed by atoms with Crippen molar-refractivity contribution < 1.29 is 22.6 Å². The van der Waals surface area contributed by atoms with Crippen LogP contribution in [0.1, 0.15) is 12.1 Å². The Kier molecular flexibility index (Phi) is 3.95. The summed E-state index contributed by atoms with van der Waals surface area (Å²) >= 11 is 0. The molecule has 0 spiro atoms. The molecule has 116 valence electrons. The van der Waals surface area contributed by atoms with Crippen LogP contribution in [-0.4, -0.2) is 37.3 Å². The summed E-state index contributed by atoms with van der Waals surface area (Å²) < 4.78 is 52.3. The van der Waals surface area contributed by atoms with E-state index in [9.17, 15) is 13.2 Å². The lowest BCUT2D eigenvalue weighted by molar-refractivity contribution is -0.131. The Morgan fingerprint density at radius 3 is 2.76 bits per heavy atom. The highest BCUT2D eigenvalue weighted by atomic mass is 19.3. The second-order valence-corrected chi connectivity index (χ2v) is 4.61. The van der Waals surface area contributed by atoms with Crippen molar-refractivity contribution in [3.8, 4) is 0 Å². The molecule has 0 saturated carbocycles. The summed E-state index contributed by atoms with van der Waals surface area (Å²) in [4.78, 5) is 7.36. The molecule has 0 amide bonds. The van der Waals surface area contributed by atoms with Crippen LogP contribution in [0.25, 0.3) is 0 Å². The lowest BCUT2D eigenvalue weighted by atomic mass is 9.83. The van der Waals surface area contributed by atoms with Gasteiger partial charge in [0.2, 0.25) is 0 Å². The normalized spacial score (nSPS) is 24.3. The lowest BCUT2D eigenvalue weighted by Crippen LogP contribution is -2.54. The number of pyridine rings is 1. The van der Waals surface area contributed by atoms with E-state index in [1.165, 1.54) is 13.2 Å². The van der Waals surface area contributed by atoms with E-state index in [0.717, 1.165) is 6.07 Å². The quantitative estimate of drug-likeness (QED) is 0.865. The zero-order chi connectivity index (χ0) is 15.7. The molecule has 0 radical (unpaired) electrons. The number of nitrogens with zero attached hydrogens (tertiary/aromatic N) is 2. The Balaban J connectivity index is 2.66. The molecule has 1 aliphatic heterocycles. The molecule has 0 bridgehead atoms. The molecule has 0 saturated heterocycles. The molecule has 4 N–H and O–H groups in total. The SMILES string of the molecule is COCCC1(c2nc(N)ccc2F)N=C(N)OCC1(F)F. The van der Waals surface area contributed by atoms with Crippen molar-refractivity contribution >= 4 is 11.8 Å². The molecule has 0 fully saturated rings. The summed E-state index contributed by atoms with van der Waals surface area (Å²) in [6, 6.07) is 1.68. The van der Waals surface area contributed by atoms with Crippen molar-refractivity contribution in [2.45, 2.75) is 17.9 Å². The van der Waals surface area contributed by atoms with Gasteiger partial charge in [-0.25, -0.2) is 14.4 Å². The van der Waals surface area contributed by atoms with E-state index in [4.69, 9.17) is 16.2 Å². The maximum absolute atomic E-state index is 14.4. The highest BCUT2D eigenvalue weighted by molar-refractivity contribution is 5.73. The molecule has 0 aromatic carbocycles. The van der Waals surface area contributed by atoms with E-state index < -0.39 is 35.6 Å². The molecule has 1 unspecified atom stereocenters. The average molecular weight is 304 g/mol. The number of aromatic nitrogens is 1. The number of halogens is 3. The van der Waals surface area contributed by atoms with Crippen molar-refractivity contribution in [2.24, 2.45) is 10.7 Å². The molecule has 1 aliphatic rings. The van der Waals surface area contributed by atoms with Crippen LogP contribution in [0.3, 0.4) is 0 Å². The molecular formula is C12H15F3N4O2. The topological polar surface area (TPSA) is 95.8 Å². The minimum Gasteiger partial charge on any atom is -0.459 e. The van der Waals surface area contributed by atoms with Crippen molar-refractivity contribution in [3.63, 3.8) is 0 Å². The standard InChI is InChI=1S/C12H15F3N4O2/c1-20-5-4-11(9-7(13)2-3-8(16)18-9)12(14,15)6-21-10(17)19-11/h2-3H,4-6H2,1H3,(H2,16,18)(H2,17,19). The molecule has 1 aromatic rings. The third-order valence-corrected chi connectivity index (χ3v) is 3.23. The number of hydrogen-bond acceptors (Lipinski definition) is 6. The van der Waals surface area contributed by atoms with Gasteiger partial charge in [0.1, 0.15) is 17.3 Å². The fourth-order valence-corrected chi connectivity index (χ4v) is 2.17. The van der Waals surface area contributed by atoms with Crippen LogP contribution >= 0.6 is 0 Å². The first-order valence-corrected chi connectivity index (χ1v) is 6.10. The van der Waals surface area contributed by atoms with Gasteiger partial charge in [-0.15, -0.1) is 0 Å². The maximum atomic E-state index is 14.4. The second kappa shape index (κ2) is 5.40. The van der Waals surface area contributed by atoms with Crippen molar-refractivity contribution in [2.75, 3.05) is 26.1 Å². The van der Waals surface area contributed by atoms with Crippen LogP contribution in [0.5, 0.6) is 0 Å². The molecule has 0 aliphatic carbocycles. The monoisotopic (exact) mass is 304 g/mol. The number of amidine groups is 1. The number of rotatable bonds is 4. The summed E-state index contributed by atoms with van der Waals surface area (Å²) in [6.45, 7) is -1.12. The molecular weight excluding hydrogens is 289 g/mol. The van der Waals surface area contributed by atoms with Gasteiger partial charge < -0.3 is 20.9 Å². The molecule has 9 heteroatoms. The van der Waals surface area contributed by atoms with Gasteiger partial charge >= 0.3 is 5.92 Å². The van der Waals surface area contributed by atoms with E-state index in [0.29, 0.717) is 0 Å². The van der Waals surface area contributed by atoms with Gasteiger partial charge in [-0.2, -0.15) is 8.78 Å². The van der Waals surface area contributed by atoms with E-state index in [2.05, 4.69) is 14.7 Å². The van der Waals surface area contributed by atoms with Crippen LogP contribution in [0, 0.1) is 5.82 Å². The van der Waals surface area contributed by atoms with Crippen molar-refractivity contribution in [1.29, 1.82) is 0 Å². The van der Waals surface area contributed by atoms with E-state index >= 15 is 0 Å². The number of hydrogen-bond donors (Lipinski definition) is 2. The Labute approximate surface area is 118 Å². The van der Waals surface area contributed by atoms with Gasteiger partial charge in [-0.1, -0.05) is 0 Å². The van der Waals surface area contributed by atoms with Crippen LogP contribution in [0.4, 0.5) is 19.0 Å². The van der Waals surface area contributed by atoms with E-state index in [-0.39, 0.29) is 18.8 Å². The zero-order valence-corrected chi connectivity index (χ0v) is 11.3. The number of nitrogen functional groups attached to an aromatic ring is 1. The first-order valence-electron chi connectivity index (χ1n) is 6.10. The van der Waals surface area contributed by atoms with Crippen molar-refractivity contribution in [3.05, 3.63) is 23.6 Å². The summed E-state index contributed by atoms with van der Waals surface area (Å²) in [5.41, 5.74) is 7.99. The smallest absolute Gasteiger partial charge is 0.312 e. The predicted octanol–water partition coefficient (Wildman–Crippen LogP) is 1.01. The number of nitrogens with two attached hydrogens (primary N) is 2. The minimum atomic E-state index is -3.52. The molecule has 1 aromatic heterocycles. The molecule has 1 atom stereocenters. The first-order chi connectivity index (χ1) is 9.82. The number of methoxy groups -OCH3 is 1. The number of anilines is 1. The highest BCUT2D eigenvalue weighted by Crippen LogP contribution is 2.46. The fourth-order valence-electron chi connectivity index (χ4n) is 2.17. The Bertz CT molecular complexity index is 567. The molecule has 21 heavy (non-hydrogen) atoms. The predicted molar refractivity (Wildman–Crippen MR) is 69.3 cm³/mol. The van der Waals surface area contributed by atoms with Crippen LogP contribution in [-0.2, 0) is 15.0 Å². The number of alkyl halides is 2. The number of aliphatic imine (C=N–C) groups is 1. The Morgan fingerprint density at radius 2 is 2.10 bits per heavy atom. The van der Waals surface area contributed by atoms with Gasteiger partial charge in [-0.05, 0) is 12.1 Å². The summed E-state index contributed by atoms with van der Waals surface area (Å²) in [5, 5.41) is 0. The largest absolute Gasteiger partial charge is 0.459 e. The summed E-state index contributed by atoms with van der Waals surface area (Å²) in [5.74, 6) is -4.56. The minimum absolute atomic E-state index is 0.0950. The van der Waals surface area contributed by atoms with Gasteiger partial charge in [0.15, 0.2) is 12.1 Å². The Hall–Kier alpha value is -2.03. The highest BCUT2D eigenvalue weighted by Gasteiger charge is 2.60. The van der Waals surface area contributed by atoms with Crippen LogP contribution in [0.2, 0.25) is 0 Å². The van der Waals surface area contributed by atoms with Gasteiger partial charge in [0, 0.05) is 20.1 Å². The fraction of sp³-hybridized carbons (Fsp3) is 0.500. The first kappa shape index (κ1) is 15.4. The van der Waals surface area contributed by atoms with Crippen LogP contribution in [0.15, 0.2) is 17.1 Å². The maximum Gasteiger partial charge on any atom is 0.312 e. The van der Waals surface area contributed by atoms with Gasteiger partial charge in [0.25, 0.3) is 6.02 Å². The summed E-state index contributed by atoms with van der Waals surface area (Å²) in [7, 11) is 1.33. The average Bonchev–Trinajstić information content (AvgIpc) is 2.43. The van der Waals surface area contributed by atoms with Crippen LogP contribution < -0.4 is 11.5 Å². The van der Waals surface area contributed by atoms with Crippen molar-refractivity contribution in [1.82, 2.24) is 4.98 Å². The zero-order valence-electron chi connectivity index (χ0n) is 11.3. The molecule has 2 heterocycles. The lowest BCUT2D eigenvalue weighted by Gasteiger charge is -2.39. The summed E-state index contributed by atoms with van der Waals surface area (Å²) in [6.07, 6.45) is -0.325. The Morgan fingerprint density at radius 1 is 1.38 bits per heavy atom.